The highest BCUT2D eigenvalue weighted by molar-refractivity contribution is 7.91. The first-order valence-corrected chi connectivity index (χ1v) is 7.36. The molecule has 17 heavy (non-hydrogen) atoms. The number of rotatable bonds is 2. The van der Waals surface area contributed by atoms with Gasteiger partial charge in [0.15, 0.2) is 9.84 Å². The fourth-order valence-electron chi connectivity index (χ4n) is 2.06. The molecule has 1 aliphatic rings. The van der Waals surface area contributed by atoms with Crippen LogP contribution in [0.1, 0.15) is 12.0 Å². The molecule has 94 valence electrons. The van der Waals surface area contributed by atoms with E-state index in [1.165, 1.54) is 12.1 Å². The van der Waals surface area contributed by atoms with E-state index in [1.54, 1.807) is 0 Å². The van der Waals surface area contributed by atoms with Crippen LogP contribution in [0, 0.1) is 5.82 Å². The average Bonchev–Trinajstić information content (AvgIpc) is 2.46. The highest BCUT2D eigenvalue weighted by atomic mass is 35.5. The number of halogens is 2. The van der Waals surface area contributed by atoms with Crippen molar-refractivity contribution in [1.82, 2.24) is 0 Å². The van der Waals surface area contributed by atoms with Crippen molar-refractivity contribution in [1.29, 1.82) is 0 Å². The van der Waals surface area contributed by atoms with Crippen LogP contribution in [0.15, 0.2) is 18.2 Å². The minimum absolute atomic E-state index is 0.00473. The van der Waals surface area contributed by atoms with E-state index < -0.39 is 21.3 Å². The molecular weight excluding hydrogens is 267 g/mol. The smallest absolute Gasteiger partial charge is 0.153 e. The monoisotopic (exact) mass is 278 g/mol. The zero-order valence-corrected chi connectivity index (χ0v) is 10.6. The fourth-order valence-corrected chi connectivity index (χ4v) is 4.12. The van der Waals surface area contributed by atoms with Crippen LogP contribution in [0.4, 0.5) is 4.39 Å². The van der Waals surface area contributed by atoms with Gasteiger partial charge in [-0.25, -0.2) is 12.8 Å². The quantitative estimate of drug-likeness (QED) is 0.893. The van der Waals surface area contributed by atoms with Gasteiger partial charge in [0.25, 0.3) is 0 Å². The lowest BCUT2D eigenvalue weighted by Crippen LogP contribution is -2.33. The van der Waals surface area contributed by atoms with Gasteiger partial charge in [0, 0.05) is 11.4 Å². The second kappa shape index (κ2) is 4.23. The van der Waals surface area contributed by atoms with Gasteiger partial charge in [0.1, 0.15) is 5.82 Å². The number of benzene rings is 1. The van der Waals surface area contributed by atoms with Crippen LogP contribution in [0.2, 0.25) is 5.02 Å². The van der Waals surface area contributed by atoms with Gasteiger partial charge in [-0.15, -0.1) is 0 Å². The van der Waals surface area contributed by atoms with Crippen molar-refractivity contribution >= 4 is 21.4 Å². The third-order valence-electron chi connectivity index (χ3n) is 2.90. The summed E-state index contributed by atoms with van der Waals surface area (Å²) < 4.78 is 36.1. The molecule has 0 aliphatic carbocycles. The van der Waals surface area contributed by atoms with Crippen molar-refractivity contribution in [3.8, 4) is 0 Å². The summed E-state index contributed by atoms with van der Waals surface area (Å²) in [6.07, 6.45) is 0.145. The molecule has 1 atom stereocenters. The molecule has 1 unspecified atom stereocenters. The van der Waals surface area contributed by atoms with Crippen molar-refractivity contribution in [2.45, 2.75) is 18.4 Å². The Hall–Kier alpha value is -0.650. The van der Waals surface area contributed by atoms with Crippen LogP contribution in [0.25, 0.3) is 0 Å². The lowest BCUT2D eigenvalue weighted by molar-refractivity contribution is 0.0672. The number of sulfone groups is 1. The average molecular weight is 279 g/mol. The fraction of sp³-hybridized carbons (Fsp3) is 0.455. The molecule has 0 spiro atoms. The van der Waals surface area contributed by atoms with E-state index in [0.29, 0.717) is 0 Å². The minimum Gasteiger partial charge on any atom is -0.388 e. The molecule has 3 nitrogen and oxygen atoms in total. The number of hydrogen-bond acceptors (Lipinski definition) is 3. The number of aliphatic hydroxyl groups is 1. The summed E-state index contributed by atoms with van der Waals surface area (Å²) in [6.45, 7) is 0. The van der Waals surface area contributed by atoms with E-state index in [2.05, 4.69) is 0 Å². The van der Waals surface area contributed by atoms with Gasteiger partial charge >= 0.3 is 0 Å². The lowest BCUT2D eigenvalue weighted by Gasteiger charge is -2.20. The molecule has 1 saturated heterocycles. The summed E-state index contributed by atoms with van der Waals surface area (Å²) in [7, 11) is -3.19. The van der Waals surface area contributed by atoms with Crippen LogP contribution in [0.3, 0.4) is 0 Å². The maximum absolute atomic E-state index is 13.5. The Balaban J connectivity index is 2.22. The summed E-state index contributed by atoms with van der Waals surface area (Å²) in [5, 5.41) is 10.4. The molecule has 0 radical (unpaired) electrons. The number of hydrogen-bond donors (Lipinski definition) is 1. The Morgan fingerprint density at radius 3 is 2.71 bits per heavy atom. The largest absolute Gasteiger partial charge is 0.388 e. The standard InChI is InChI=1S/C11H12ClFO3S/c12-9-2-1-8(10(13)5-9)6-11(14)3-4-17(15,16)7-11/h1-2,5,14H,3-4,6-7H2. The van der Waals surface area contributed by atoms with E-state index in [4.69, 9.17) is 11.6 Å². The van der Waals surface area contributed by atoms with Crippen molar-refractivity contribution in [3.05, 3.63) is 34.6 Å². The van der Waals surface area contributed by atoms with E-state index in [1.807, 2.05) is 0 Å². The molecule has 0 aromatic heterocycles. The molecule has 0 saturated carbocycles. The molecule has 1 heterocycles. The van der Waals surface area contributed by atoms with Crippen LogP contribution in [0.5, 0.6) is 0 Å². The molecule has 0 amide bonds. The Bertz CT molecular complexity index is 544. The molecule has 1 N–H and O–H groups in total. The third-order valence-corrected chi connectivity index (χ3v) is 4.94. The predicted octanol–water partition coefficient (Wildman–Crippen LogP) is 1.57. The third kappa shape index (κ3) is 2.97. The second-order valence-electron chi connectivity index (χ2n) is 4.48. The molecule has 1 aliphatic heterocycles. The summed E-state index contributed by atoms with van der Waals surface area (Å²) in [6, 6.07) is 4.15. The van der Waals surface area contributed by atoms with Gasteiger partial charge in [-0.05, 0) is 24.1 Å². The molecular formula is C11H12ClFO3S. The van der Waals surface area contributed by atoms with Gasteiger partial charge in [0.2, 0.25) is 0 Å². The van der Waals surface area contributed by atoms with Crippen LogP contribution in [-0.2, 0) is 16.3 Å². The van der Waals surface area contributed by atoms with E-state index in [0.717, 1.165) is 6.07 Å². The predicted molar refractivity (Wildman–Crippen MR) is 63.3 cm³/mol. The first-order valence-electron chi connectivity index (χ1n) is 5.16. The van der Waals surface area contributed by atoms with E-state index in [-0.39, 0.29) is 34.9 Å². The van der Waals surface area contributed by atoms with Gasteiger partial charge in [-0.2, -0.15) is 0 Å². The molecule has 1 aromatic rings. The summed E-state index contributed by atoms with van der Waals surface area (Å²) >= 11 is 5.62. The normalized spacial score (nSPS) is 27.2. The molecule has 0 bridgehead atoms. The van der Waals surface area contributed by atoms with Gasteiger partial charge in [-0.3, -0.25) is 0 Å². The Morgan fingerprint density at radius 1 is 1.47 bits per heavy atom. The Labute approximate surface area is 104 Å². The Kier molecular flexibility index (Phi) is 3.18. The topological polar surface area (TPSA) is 54.4 Å². The zero-order valence-electron chi connectivity index (χ0n) is 8.99. The highest BCUT2D eigenvalue weighted by Gasteiger charge is 2.40. The highest BCUT2D eigenvalue weighted by Crippen LogP contribution is 2.28. The molecule has 1 aromatic carbocycles. The van der Waals surface area contributed by atoms with Crippen molar-refractivity contribution in [2.24, 2.45) is 0 Å². The van der Waals surface area contributed by atoms with Crippen LogP contribution >= 0.6 is 11.6 Å². The van der Waals surface area contributed by atoms with Gasteiger partial charge in [-0.1, -0.05) is 17.7 Å². The molecule has 6 heteroatoms. The van der Waals surface area contributed by atoms with Crippen molar-refractivity contribution < 1.29 is 17.9 Å². The van der Waals surface area contributed by atoms with Gasteiger partial charge < -0.3 is 5.11 Å². The van der Waals surface area contributed by atoms with E-state index >= 15 is 0 Å². The lowest BCUT2D eigenvalue weighted by atomic mass is 9.94. The van der Waals surface area contributed by atoms with Crippen molar-refractivity contribution in [2.75, 3.05) is 11.5 Å². The molecule has 2 rings (SSSR count). The maximum atomic E-state index is 13.5. The van der Waals surface area contributed by atoms with Gasteiger partial charge in [0.05, 0.1) is 17.1 Å². The zero-order chi connectivity index (χ0) is 12.7. The maximum Gasteiger partial charge on any atom is 0.153 e. The molecule has 1 fully saturated rings. The summed E-state index contributed by atoms with van der Waals surface area (Å²) in [5.74, 6) is -0.865. The first kappa shape index (κ1) is 12.8. The van der Waals surface area contributed by atoms with E-state index in [9.17, 15) is 17.9 Å². The van der Waals surface area contributed by atoms with Crippen LogP contribution < -0.4 is 0 Å². The Morgan fingerprint density at radius 2 is 2.18 bits per heavy atom. The SMILES string of the molecule is O=S1(=O)CCC(O)(Cc2ccc(Cl)cc2F)C1. The summed E-state index contributed by atoms with van der Waals surface area (Å²) in [4.78, 5) is 0. The van der Waals surface area contributed by atoms with Crippen molar-refractivity contribution in [3.63, 3.8) is 0 Å². The first-order chi connectivity index (χ1) is 7.80. The minimum atomic E-state index is -3.19. The summed E-state index contributed by atoms with van der Waals surface area (Å²) in [5.41, 5.74) is -1.07. The van der Waals surface area contributed by atoms with Crippen LogP contribution in [-0.4, -0.2) is 30.6 Å². The second-order valence-corrected chi connectivity index (χ2v) is 7.10.